The van der Waals surface area contributed by atoms with E-state index in [0.29, 0.717) is 23.6 Å². The molecule has 30 heavy (non-hydrogen) atoms. The first kappa shape index (κ1) is 19.7. The van der Waals surface area contributed by atoms with Crippen LogP contribution >= 0.6 is 11.3 Å². The maximum Gasteiger partial charge on any atom is 0.251 e. The number of thiophene rings is 1. The molecule has 0 atom stereocenters. The largest absolute Gasteiger partial charge is 0.497 e. The van der Waals surface area contributed by atoms with E-state index >= 15 is 0 Å². The van der Waals surface area contributed by atoms with Crippen LogP contribution in [-0.2, 0) is 6.54 Å². The molecule has 4 rings (SSSR count). The predicted molar refractivity (Wildman–Crippen MR) is 118 cm³/mol. The second kappa shape index (κ2) is 8.84. The molecular weight excluding hydrogens is 398 g/mol. The van der Waals surface area contributed by atoms with E-state index in [1.165, 1.54) is 0 Å². The molecule has 0 aliphatic carbocycles. The number of methoxy groups -OCH3 is 2. The normalized spacial score (nSPS) is 10.6. The van der Waals surface area contributed by atoms with Gasteiger partial charge in [0.25, 0.3) is 5.91 Å². The molecule has 0 bridgehead atoms. The van der Waals surface area contributed by atoms with Crippen molar-refractivity contribution in [3.05, 3.63) is 83.4 Å². The number of para-hydroxylation sites is 1. The Kier molecular flexibility index (Phi) is 5.81. The van der Waals surface area contributed by atoms with Crippen LogP contribution in [0, 0.1) is 0 Å². The minimum atomic E-state index is -0.211. The van der Waals surface area contributed by atoms with E-state index in [1.807, 2.05) is 58.7 Å². The summed E-state index contributed by atoms with van der Waals surface area (Å²) in [5, 5.41) is 9.77. The smallest absolute Gasteiger partial charge is 0.251 e. The quantitative estimate of drug-likeness (QED) is 0.477. The number of nitrogens with one attached hydrogen (secondary N) is 1. The van der Waals surface area contributed by atoms with Crippen molar-refractivity contribution in [3.8, 4) is 27.8 Å². The number of carbonyl (C=O) groups excluding carboxylic acids is 1. The summed E-state index contributed by atoms with van der Waals surface area (Å²) < 4.78 is 12.4. The third-order valence-electron chi connectivity index (χ3n) is 4.62. The zero-order valence-electron chi connectivity index (χ0n) is 16.7. The van der Waals surface area contributed by atoms with Gasteiger partial charge in [0.1, 0.15) is 17.2 Å². The fraction of sp³-hybridized carbons (Fsp3) is 0.130. The highest BCUT2D eigenvalue weighted by Gasteiger charge is 2.15. The van der Waals surface area contributed by atoms with Crippen LogP contribution < -0.4 is 14.8 Å². The van der Waals surface area contributed by atoms with Gasteiger partial charge in [-0.15, -0.1) is 11.3 Å². The van der Waals surface area contributed by atoms with E-state index in [-0.39, 0.29) is 5.91 Å². The van der Waals surface area contributed by atoms with Crippen LogP contribution in [0.15, 0.2) is 72.2 Å². The standard InChI is InChI=1S/C23H21N3O3S/c1-28-19-11-16(12-20(13-19)29-2)23(27)24-14-17-15-26(18-7-4-3-5-8-18)25-22(17)21-9-6-10-30-21/h3-13,15H,14H2,1-2H3,(H,24,27). The topological polar surface area (TPSA) is 65.4 Å². The SMILES string of the molecule is COc1cc(OC)cc(C(=O)NCc2cn(-c3ccccc3)nc2-c2cccs2)c1. The van der Waals surface area contributed by atoms with Crippen LogP contribution in [0.2, 0.25) is 0 Å². The Morgan fingerprint density at radius 3 is 2.40 bits per heavy atom. The maximum atomic E-state index is 12.8. The van der Waals surface area contributed by atoms with E-state index in [2.05, 4.69) is 5.32 Å². The predicted octanol–water partition coefficient (Wildman–Crippen LogP) is 4.55. The molecule has 0 unspecified atom stereocenters. The lowest BCUT2D eigenvalue weighted by Crippen LogP contribution is -2.23. The molecule has 0 saturated carbocycles. The lowest BCUT2D eigenvalue weighted by atomic mass is 10.1. The van der Waals surface area contributed by atoms with Gasteiger partial charge in [-0.1, -0.05) is 24.3 Å². The second-order valence-electron chi connectivity index (χ2n) is 6.54. The van der Waals surface area contributed by atoms with Crippen LogP contribution in [0.5, 0.6) is 11.5 Å². The van der Waals surface area contributed by atoms with Crippen molar-refractivity contribution in [2.45, 2.75) is 6.54 Å². The minimum absolute atomic E-state index is 0.211. The monoisotopic (exact) mass is 419 g/mol. The van der Waals surface area contributed by atoms with Gasteiger partial charge in [-0.05, 0) is 35.7 Å². The first-order valence-corrected chi connectivity index (χ1v) is 10.2. The summed E-state index contributed by atoms with van der Waals surface area (Å²) in [6.07, 6.45) is 1.96. The maximum absolute atomic E-state index is 12.8. The molecular formula is C23H21N3O3S. The van der Waals surface area contributed by atoms with Gasteiger partial charge in [0.05, 0.1) is 24.8 Å². The van der Waals surface area contributed by atoms with Crippen molar-refractivity contribution in [2.24, 2.45) is 0 Å². The van der Waals surface area contributed by atoms with Crippen molar-refractivity contribution < 1.29 is 14.3 Å². The first-order valence-electron chi connectivity index (χ1n) is 9.37. The molecule has 1 amide bonds. The molecule has 2 aromatic heterocycles. The number of nitrogens with zero attached hydrogens (tertiary/aromatic N) is 2. The fourth-order valence-electron chi connectivity index (χ4n) is 3.09. The summed E-state index contributed by atoms with van der Waals surface area (Å²) in [6, 6.07) is 19.0. The van der Waals surface area contributed by atoms with Crippen LogP contribution in [0.4, 0.5) is 0 Å². The van der Waals surface area contributed by atoms with Crippen LogP contribution in [-0.4, -0.2) is 29.9 Å². The Labute approximate surface area is 178 Å². The molecule has 0 aliphatic heterocycles. The van der Waals surface area contributed by atoms with Gasteiger partial charge in [0.15, 0.2) is 0 Å². The molecule has 2 aromatic carbocycles. The summed E-state index contributed by atoms with van der Waals surface area (Å²) in [4.78, 5) is 13.8. The molecule has 4 aromatic rings. The minimum Gasteiger partial charge on any atom is -0.497 e. The molecule has 1 N–H and O–H groups in total. The van der Waals surface area contributed by atoms with Crippen molar-refractivity contribution in [1.29, 1.82) is 0 Å². The average molecular weight is 420 g/mol. The Bertz CT molecular complexity index is 1120. The van der Waals surface area contributed by atoms with Gasteiger partial charge in [0.2, 0.25) is 0 Å². The highest BCUT2D eigenvalue weighted by atomic mass is 32.1. The molecule has 7 heteroatoms. The Morgan fingerprint density at radius 2 is 1.77 bits per heavy atom. The van der Waals surface area contributed by atoms with Crippen molar-refractivity contribution in [3.63, 3.8) is 0 Å². The second-order valence-corrected chi connectivity index (χ2v) is 7.49. The van der Waals surface area contributed by atoms with E-state index in [9.17, 15) is 4.79 Å². The number of benzene rings is 2. The van der Waals surface area contributed by atoms with Crippen molar-refractivity contribution >= 4 is 17.2 Å². The van der Waals surface area contributed by atoms with Gasteiger partial charge in [0, 0.05) is 29.9 Å². The highest BCUT2D eigenvalue weighted by Crippen LogP contribution is 2.28. The molecule has 6 nitrogen and oxygen atoms in total. The number of hydrogen-bond acceptors (Lipinski definition) is 5. The van der Waals surface area contributed by atoms with Crippen molar-refractivity contribution in [2.75, 3.05) is 14.2 Å². The van der Waals surface area contributed by atoms with Gasteiger partial charge < -0.3 is 14.8 Å². The Hall–Kier alpha value is -3.58. The zero-order chi connectivity index (χ0) is 20.9. The zero-order valence-corrected chi connectivity index (χ0v) is 17.5. The van der Waals surface area contributed by atoms with E-state index in [0.717, 1.165) is 21.8 Å². The Balaban J connectivity index is 1.60. The van der Waals surface area contributed by atoms with E-state index in [4.69, 9.17) is 14.6 Å². The molecule has 0 fully saturated rings. The molecule has 0 saturated heterocycles. The molecule has 0 spiro atoms. The van der Waals surface area contributed by atoms with Gasteiger partial charge in [-0.2, -0.15) is 5.10 Å². The van der Waals surface area contributed by atoms with Crippen molar-refractivity contribution in [1.82, 2.24) is 15.1 Å². The molecule has 152 valence electrons. The molecule has 2 heterocycles. The first-order chi connectivity index (χ1) is 14.7. The summed E-state index contributed by atoms with van der Waals surface area (Å²) in [5.41, 5.74) is 3.23. The van der Waals surface area contributed by atoms with Gasteiger partial charge in [-0.25, -0.2) is 4.68 Å². The van der Waals surface area contributed by atoms with Crippen LogP contribution in [0.25, 0.3) is 16.3 Å². The Morgan fingerprint density at radius 1 is 1.03 bits per heavy atom. The summed E-state index contributed by atoms with van der Waals surface area (Å²) in [7, 11) is 3.11. The van der Waals surface area contributed by atoms with Crippen LogP contribution in [0.1, 0.15) is 15.9 Å². The molecule has 0 aliphatic rings. The average Bonchev–Trinajstić information content (AvgIpc) is 3.47. The highest BCUT2D eigenvalue weighted by molar-refractivity contribution is 7.13. The lowest BCUT2D eigenvalue weighted by Gasteiger charge is -2.09. The third-order valence-corrected chi connectivity index (χ3v) is 5.49. The number of hydrogen-bond donors (Lipinski definition) is 1. The number of amides is 1. The van der Waals surface area contributed by atoms with Gasteiger partial charge in [-0.3, -0.25) is 4.79 Å². The number of ether oxygens (including phenoxy) is 2. The number of aromatic nitrogens is 2. The summed E-state index contributed by atoms with van der Waals surface area (Å²) in [6.45, 7) is 0.346. The summed E-state index contributed by atoms with van der Waals surface area (Å²) >= 11 is 1.62. The number of carbonyl (C=O) groups is 1. The lowest BCUT2D eigenvalue weighted by molar-refractivity contribution is 0.0950. The van der Waals surface area contributed by atoms with Gasteiger partial charge >= 0.3 is 0 Å². The van der Waals surface area contributed by atoms with Crippen LogP contribution in [0.3, 0.4) is 0 Å². The fourth-order valence-corrected chi connectivity index (χ4v) is 3.83. The summed E-state index contributed by atoms with van der Waals surface area (Å²) in [5.74, 6) is 0.920. The molecule has 0 radical (unpaired) electrons. The third kappa shape index (κ3) is 4.21. The van der Waals surface area contributed by atoms with E-state index < -0.39 is 0 Å². The number of rotatable bonds is 7. The van der Waals surface area contributed by atoms with E-state index in [1.54, 1.807) is 43.8 Å².